The van der Waals surface area contributed by atoms with Crippen molar-refractivity contribution in [1.29, 1.82) is 0 Å². The van der Waals surface area contributed by atoms with Gasteiger partial charge >= 0.3 is 0 Å². The predicted octanol–water partition coefficient (Wildman–Crippen LogP) is 4.61. The summed E-state index contributed by atoms with van der Waals surface area (Å²) in [7, 11) is 1.88. The van der Waals surface area contributed by atoms with Gasteiger partial charge in [-0.1, -0.05) is 47.6 Å². The van der Waals surface area contributed by atoms with Crippen molar-refractivity contribution in [3.05, 3.63) is 65.6 Å². The third-order valence-electron chi connectivity index (χ3n) is 3.57. The molecule has 3 rings (SSSR count). The number of halogens is 2. The molecule has 1 N–H and O–H groups in total. The number of hydrogen-bond donors (Lipinski definition) is 1. The van der Waals surface area contributed by atoms with E-state index in [0.717, 1.165) is 11.3 Å². The summed E-state index contributed by atoms with van der Waals surface area (Å²) in [6, 6.07) is 13.5. The van der Waals surface area contributed by atoms with Crippen LogP contribution in [0.2, 0.25) is 5.02 Å². The van der Waals surface area contributed by atoms with Crippen LogP contribution in [-0.2, 0) is 11.8 Å². The molecule has 0 aliphatic carbocycles. The van der Waals surface area contributed by atoms with Gasteiger partial charge in [-0.15, -0.1) is 0 Å². The van der Waals surface area contributed by atoms with Gasteiger partial charge in [0.1, 0.15) is 5.82 Å². The van der Waals surface area contributed by atoms with Gasteiger partial charge in [0, 0.05) is 12.1 Å². The fourth-order valence-corrected chi connectivity index (χ4v) is 3.17. The van der Waals surface area contributed by atoms with Crippen LogP contribution >= 0.6 is 23.4 Å². The maximum atomic E-state index is 13.5. The Morgan fingerprint density at radius 2 is 1.96 bits per heavy atom. The summed E-state index contributed by atoms with van der Waals surface area (Å²) in [4.78, 5) is 16.4. The number of anilines is 1. The first kappa shape index (κ1) is 17.5. The molecule has 1 heterocycles. The van der Waals surface area contributed by atoms with Gasteiger partial charge in [-0.25, -0.2) is 9.37 Å². The number of benzene rings is 2. The van der Waals surface area contributed by atoms with E-state index in [1.54, 1.807) is 18.3 Å². The standard InChI is InChI=1S/C18H15ClFN3OS/c1-23-16(12-6-8-13(19)9-7-12)10-21-18(23)25-11-17(24)22-15-5-3-2-4-14(15)20/h2-10H,11H2,1H3,(H,22,24). The molecule has 0 radical (unpaired) electrons. The van der Waals surface area contributed by atoms with Crippen molar-refractivity contribution in [2.75, 3.05) is 11.1 Å². The number of rotatable bonds is 5. The van der Waals surface area contributed by atoms with Gasteiger partial charge in [0.25, 0.3) is 0 Å². The molecule has 0 aliphatic heterocycles. The molecular formula is C18H15ClFN3OS. The van der Waals surface area contributed by atoms with Crippen molar-refractivity contribution in [3.63, 3.8) is 0 Å². The van der Waals surface area contributed by atoms with E-state index in [1.807, 2.05) is 35.9 Å². The molecule has 0 spiro atoms. The molecule has 0 fully saturated rings. The highest BCUT2D eigenvalue weighted by Gasteiger charge is 2.12. The number of amides is 1. The fraction of sp³-hybridized carbons (Fsp3) is 0.111. The van der Waals surface area contributed by atoms with E-state index in [1.165, 1.54) is 23.9 Å². The molecule has 2 aromatic carbocycles. The van der Waals surface area contributed by atoms with Crippen molar-refractivity contribution in [1.82, 2.24) is 9.55 Å². The Balaban J connectivity index is 1.65. The summed E-state index contributed by atoms with van der Waals surface area (Å²) < 4.78 is 15.5. The van der Waals surface area contributed by atoms with Crippen molar-refractivity contribution in [3.8, 4) is 11.3 Å². The highest BCUT2D eigenvalue weighted by atomic mass is 35.5. The van der Waals surface area contributed by atoms with Crippen LogP contribution in [0.1, 0.15) is 0 Å². The minimum absolute atomic E-state index is 0.138. The Morgan fingerprint density at radius 3 is 2.68 bits per heavy atom. The molecule has 25 heavy (non-hydrogen) atoms. The number of nitrogens with zero attached hydrogens (tertiary/aromatic N) is 2. The molecule has 4 nitrogen and oxygen atoms in total. The summed E-state index contributed by atoms with van der Waals surface area (Å²) in [5.41, 5.74) is 2.09. The SMILES string of the molecule is Cn1c(-c2ccc(Cl)cc2)cnc1SCC(=O)Nc1ccccc1F. The summed E-state index contributed by atoms with van der Waals surface area (Å²) >= 11 is 7.20. The maximum absolute atomic E-state index is 13.5. The average Bonchev–Trinajstić information content (AvgIpc) is 2.97. The molecule has 3 aromatic rings. The Kier molecular flexibility index (Phi) is 5.40. The van der Waals surface area contributed by atoms with E-state index in [9.17, 15) is 9.18 Å². The van der Waals surface area contributed by atoms with E-state index in [-0.39, 0.29) is 17.3 Å². The first-order valence-corrected chi connectivity index (χ1v) is 8.86. The molecule has 1 aromatic heterocycles. The minimum atomic E-state index is -0.456. The molecular weight excluding hydrogens is 361 g/mol. The molecule has 0 saturated carbocycles. The van der Waals surface area contributed by atoms with E-state index in [4.69, 9.17) is 11.6 Å². The van der Waals surface area contributed by atoms with Crippen LogP contribution in [0.5, 0.6) is 0 Å². The number of carbonyl (C=O) groups is 1. The zero-order valence-corrected chi connectivity index (χ0v) is 14.9. The molecule has 0 aliphatic rings. The summed E-state index contributed by atoms with van der Waals surface area (Å²) in [6.45, 7) is 0. The van der Waals surface area contributed by atoms with Gasteiger partial charge in [0.15, 0.2) is 5.16 Å². The first-order valence-electron chi connectivity index (χ1n) is 7.49. The second-order valence-corrected chi connectivity index (χ2v) is 6.69. The lowest BCUT2D eigenvalue weighted by molar-refractivity contribution is -0.113. The molecule has 0 atom stereocenters. The third-order valence-corrected chi connectivity index (χ3v) is 4.86. The number of para-hydroxylation sites is 1. The maximum Gasteiger partial charge on any atom is 0.234 e. The molecule has 1 amide bonds. The Bertz CT molecular complexity index is 896. The lowest BCUT2D eigenvalue weighted by atomic mass is 10.2. The molecule has 7 heteroatoms. The lowest BCUT2D eigenvalue weighted by Crippen LogP contribution is -2.15. The molecule has 0 saturated heterocycles. The number of carbonyl (C=O) groups excluding carboxylic acids is 1. The third kappa shape index (κ3) is 4.21. The van der Waals surface area contributed by atoms with Gasteiger partial charge in [-0.2, -0.15) is 0 Å². The van der Waals surface area contributed by atoms with Crippen LogP contribution in [0.3, 0.4) is 0 Å². The van der Waals surface area contributed by atoms with Gasteiger partial charge in [-0.05, 0) is 29.8 Å². The highest BCUT2D eigenvalue weighted by molar-refractivity contribution is 7.99. The van der Waals surface area contributed by atoms with Crippen LogP contribution in [-0.4, -0.2) is 21.2 Å². The second kappa shape index (κ2) is 7.72. The largest absolute Gasteiger partial charge is 0.323 e. The van der Waals surface area contributed by atoms with Crippen LogP contribution in [0.15, 0.2) is 59.9 Å². The lowest BCUT2D eigenvalue weighted by Gasteiger charge is -2.07. The van der Waals surface area contributed by atoms with Crippen molar-refractivity contribution in [2.45, 2.75) is 5.16 Å². The summed E-state index contributed by atoms with van der Waals surface area (Å²) in [5.74, 6) is -0.604. The van der Waals surface area contributed by atoms with Gasteiger partial charge < -0.3 is 9.88 Å². The molecule has 0 unspecified atom stereocenters. The van der Waals surface area contributed by atoms with E-state index >= 15 is 0 Å². The number of imidazole rings is 1. The van der Waals surface area contributed by atoms with E-state index in [0.29, 0.717) is 10.2 Å². The first-order chi connectivity index (χ1) is 12.0. The number of aromatic nitrogens is 2. The second-order valence-electron chi connectivity index (χ2n) is 5.31. The fourth-order valence-electron chi connectivity index (χ4n) is 2.29. The van der Waals surface area contributed by atoms with Crippen LogP contribution in [0.4, 0.5) is 10.1 Å². The van der Waals surface area contributed by atoms with Crippen LogP contribution in [0, 0.1) is 5.82 Å². The number of thioether (sulfide) groups is 1. The summed E-state index contributed by atoms with van der Waals surface area (Å²) in [5, 5.41) is 3.93. The zero-order chi connectivity index (χ0) is 17.8. The van der Waals surface area contributed by atoms with Crippen molar-refractivity contribution >= 4 is 35.0 Å². The Labute approximate surface area is 154 Å². The number of hydrogen-bond acceptors (Lipinski definition) is 3. The summed E-state index contributed by atoms with van der Waals surface area (Å²) in [6.07, 6.45) is 1.75. The highest BCUT2D eigenvalue weighted by Crippen LogP contribution is 2.26. The van der Waals surface area contributed by atoms with E-state index < -0.39 is 5.82 Å². The zero-order valence-electron chi connectivity index (χ0n) is 13.4. The smallest absolute Gasteiger partial charge is 0.234 e. The minimum Gasteiger partial charge on any atom is -0.323 e. The van der Waals surface area contributed by atoms with Gasteiger partial charge in [0.2, 0.25) is 5.91 Å². The normalized spacial score (nSPS) is 10.7. The van der Waals surface area contributed by atoms with E-state index in [2.05, 4.69) is 10.3 Å². The van der Waals surface area contributed by atoms with Gasteiger partial charge in [-0.3, -0.25) is 4.79 Å². The molecule has 0 bridgehead atoms. The quantitative estimate of drug-likeness (QED) is 0.662. The molecule has 128 valence electrons. The van der Waals surface area contributed by atoms with Crippen molar-refractivity contribution < 1.29 is 9.18 Å². The Morgan fingerprint density at radius 1 is 1.24 bits per heavy atom. The van der Waals surface area contributed by atoms with Crippen molar-refractivity contribution in [2.24, 2.45) is 7.05 Å². The van der Waals surface area contributed by atoms with Crippen LogP contribution < -0.4 is 5.32 Å². The topological polar surface area (TPSA) is 46.9 Å². The van der Waals surface area contributed by atoms with Gasteiger partial charge in [0.05, 0.1) is 23.3 Å². The predicted molar refractivity (Wildman–Crippen MR) is 99.4 cm³/mol. The van der Waals surface area contributed by atoms with Crippen LogP contribution in [0.25, 0.3) is 11.3 Å². The average molecular weight is 376 g/mol. The monoisotopic (exact) mass is 375 g/mol. The number of nitrogens with one attached hydrogen (secondary N) is 1. The Hall–Kier alpha value is -2.31.